The van der Waals surface area contributed by atoms with Crippen molar-refractivity contribution < 1.29 is 13.7 Å². The van der Waals surface area contributed by atoms with Crippen LogP contribution in [0.1, 0.15) is 40.1 Å². The zero-order valence-electron chi connectivity index (χ0n) is 13.1. The lowest BCUT2D eigenvalue weighted by Gasteiger charge is -2.15. The fourth-order valence-electron chi connectivity index (χ4n) is 2.31. The first-order chi connectivity index (χ1) is 11.0. The van der Waals surface area contributed by atoms with Gasteiger partial charge in [0, 0.05) is 6.20 Å². The third-order valence-electron chi connectivity index (χ3n) is 3.82. The van der Waals surface area contributed by atoms with Crippen molar-refractivity contribution in [3.05, 3.63) is 58.7 Å². The summed E-state index contributed by atoms with van der Waals surface area (Å²) in [6.07, 6.45) is 1.44. The zero-order chi connectivity index (χ0) is 16.6. The summed E-state index contributed by atoms with van der Waals surface area (Å²) >= 11 is 0. The van der Waals surface area contributed by atoms with Gasteiger partial charge in [0.2, 0.25) is 0 Å². The second kappa shape index (κ2) is 5.79. The van der Waals surface area contributed by atoms with E-state index in [1.165, 1.54) is 12.3 Å². The third-order valence-corrected chi connectivity index (χ3v) is 3.82. The van der Waals surface area contributed by atoms with Gasteiger partial charge in [-0.25, -0.2) is 9.37 Å². The number of carbonyl (C=O) groups is 1. The molecule has 5 nitrogen and oxygen atoms in total. The molecule has 118 valence electrons. The molecule has 1 amide bonds. The van der Waals surface area contributed by atoms with Crippen molar-refractivity contribution in [2.24, 2.45) is 0 Å². The molecule has 1 aromatic carbocycles. The summed E-state index contributed by atoms with van der Waals surface area (Å²) in [5, 5.41) is 7.35. The molecule has 0 spiro atoms. The molecule has 0 saturated heterocycles. The minimum absolute atomic E-state index is 0.284. The molecule has 1 unspecified atom stereocenters. The number of aryl methyl sites for hydroxylation is 2. The first-order valence-corrected chi connectivity index (χ1v) is 7.24. The van der Waals surface area contributed by atoms with E-state index in [1.807, 2.05) is 0 Å². The zero-order valence-corrected chi connectivity index (χ0v) is 13.1. The van der Waals surface area contributed by atoms with Crippen LogP contribution in [-0.4, -0.2) is 16.0 Å². The number of nitrogens with zero attached hydrogens (tertiary/aromatic N) is 2. The summed E-state index contributed by atoms with van der Waals surface area (Å²) in [6.45, 7) is 5.29. The average Bonchev–Trinajstić information content (AvgIpc) is 2.90. The number of nitrogens with one attached hydrogen (secondary N) is 1. The first-order valence-electron chi connectivity index (χ1n) is 7.24. The van der Waals surface area contributed by atoms with Gasteiger partial charge in [-0.05, 0) is 44.0 Å². The summed E-state index contributed by atoms with van der Waals surface area (Å²) in [5.41, 5.74) is 2.76. The van der Waals surface area contributed by atoms with E-state index in [4.69, 9.17) is 4.52 Å². The number of halogens is 1. The first kappa shape index (κ1) is 15.1. The summed E-state index contributed by atoms with van der Waals surface area (Å²) in [7, 11) is 0. The molecule has 6 heteroatoms. The maximum absolute atomic E-state index is 13.6. The number of hydrogen-bond donors (Lipinski definition) is 1. The number of carbonyl (C=O) groups excluding carboxylic acids is 1. The minimum atomic E-state index is -0.322. The molecule has 0 aliphatic heterocycles. The number of fused-ring (bicyclic) bond motifs is 1. The quantitative estimate of drug-likeness (QED) is 0.804. The highest BCUT2D eigenvalue weighted by molar-refractivity contribution is 5.97. The lowest BCUT2D eigenvalue weighted by atomic mass is 10.1. The highest BCUT2D eigenvalue weighted by Gasteiger charge is 2.15. The Labute approximate surface area is 132 Å². The van der Waals surface area contributed by atoms with Crippen molar-refractivity contribution in [2.75, 3.05) is 0 Å². The van der Waals surface area contributed by atoms with Crippen LogP contribution >= 0.6 is 0 Å². The van der Waals surface area contributed by atoms with E-state index in [0.717, 1.165) is 0 Å². The summed E-state index contributed by atoms with van der Waals surface area (Å²) in [5.74, 6) is -0.569. The monoisotopic (exact) mass is 313 g/mol. The van der Waals surface area contributed by atoms with Crippen LogP contribution < -0.4 is 5.32 Å². The molecule has 2 heterocycles. The van der Waals surface area contributed by atoms with Gasteiger partial charge in [-0.3, -0.25) is 4.79 Å². The second-order valence-corrected chi connectivity index (χ2v) is 5.55. The van der Waals surface area contributed by atoms with Crippen LogP contribution in [0.25, 0.3) is 11.1 Å². The number of rotatable bonds is 3. The van der Waals surface area contributed by atoms with E-state index in [2.05, 4.69) is 15.5 Å². The number of amides is 1. The van der Waals surface area contributed by atoms with Gasteiger partial charge in [0.15, 0.2) is 0 Å². The van der Waals surface area contributed by atoms with E-state index in [9.17, 15) is 9.18 Å². The van der Waals surface area contributed by atoms with Gasteiger partial charge in [0.1, 0.15) is 5.82 Å². The molecular formula is C17H16FN3O2. The van der Waals surface area contributed by atoms with Crippen molar-refractivity contribution >= 4 is 17.0 Å². The average molecular weight is 313 g/mol. The number of hydrogen-bond acceptors (Lipinski definition) is 4. The van der Waals surface area contributed by atoms with Crippen LogP contribution in [-0.2, 0) is 0 Å². The Kier molecular flexibility index (Phi) is 3.82. The van der Waals surface area contributed by atoms with E-state index < -0.39 is 0 Å². The van der Waals surface area contributed by atoms with Gasteiger partial charge in [-0.2, -0.15) is 0 Å². The number of benzene rings is 1. The Morgan fingerprint density at radius 3 is 2.83 bits per heavy atom. The second-order valence-electron chi connectivity index (χ2n) is 5.55. The Balaban J connectivity index is 1.81. The Morgan fingerprint density at radius 1 is 1.30 bits per heavy atom. The van der Waals surface area contributed by atoms with Gasteiger partial charge in [0.05, 0.1) is 22.7 Å². The van der Waals surface area contributed by atoms with Crippen molar-refractivity contribution in [3.8, 4) is 0 Å². The van der Waals surface area contributed by atoms with E-state index in [-0.39, 0.29) is 17.8 Å². The van der Waals surface area contributed by atoms with E-state index >= 15 is 0 Å². The topological polar surface area (TPSA) is 68.0 Å². The normalized spacial score (nSPS) is 12.3. The SMILES string of the molecule is Cc1ccc(C(C)NC(=O)c2cnc3onc(C)c3c2)cc1F. The van der Waals surface area contributed by atoms with Gasteiger partial charge in [-0.15, -0.1) is 0 Å². The maximum Gasteiger partial charge on any atom is 0.257 e. The molecular weight excluding hydrogens is 297 g/mol. The lowest BCUT2D eigenvalue weighted by molar-refractivity contribution is 0.0939. The minimum Gasteiger partial charge on any atom is -0.345 e. The molecule has 0 saturated carbocycles. The molecule has 23 heavy (non-hydrogen) atoms. The van der Waals surface area contributed by atoms with Crippen molar-refractivity contribution in [1.29, 1.82) is 0 Å². The molecule has 3 aromatic rings. The number of pyridine rings is 1. The van der Waals surface area contributed by atoms with Gasteiger partial charge >= 0.3 is 0 Å². The van der Waals surface area contributed by atoms with Crippen LogP contribution in [0.15, 0.2) is 35.0 Å². The standard InChI is InChI=1S/C17H16FN3O2/c1-9-4-5-12(7-15(9)18)10(2)20-16(22)13-6-14-11(3)21-23-17(14)19-8-13/h4-8,10H,1-3H3,(H,20,22). The van der Waals surface area contributed by atoms with Gasteiger partial charge in [0.25, 0.3) is 11.6 Å². The smallest absolute Gasteiger partial charge is 0.257 e. The van der Waals surface area contributed by atoms with Crippen molar-refractivity contribution in [2.45, 2.75) is 26.8 Å². The highest BCUT2D eigenvalue weighted by Crippen LogP contribution is 2.19. The molecule has 0 bridgehead atoms. The predicted molar refractivity (Wildman–Crippen MR) is 83.6 cm³/mol. The van der Waals surface area contributed by atoms with Gasteiger partial charge < -0.3 is 9.84 Å². The Morgan fingerprint density at radius 2 is 2.09 bits per heavy atom. The molecule has 0 radical (unpaired) electrons. The predicted octanol–water partition coefficient (Wildman–Crippen LogP) is 3.47. The Bertz CT molecular complexity index is 889. The van der Waals surface area contributed by atoms with Crippen LogP contribution in [0.2, 0.25) is 0 Å². The lowest BCUT2D eigenvalue weighted by Crippen LogP contribution is -2.26. The molecule has 0 aliphatic rings. The number of aromatic nitrogens is 2. The summed E-state index contributed by atoms with van der Waals surface area (Å²) in [4.78, 5) is 16.4. The summed E-state index contributed by atoms with van der Waals surface area (Å²) < 4.78 is 18.7. The summed E-state index contributed by atoms with van der Waals surface area (Å²) in [6, 6.07) is 6.30. The van der Waals surface area contributed by atoms with Crippen molar-refractivity contribution in [3.63, 3.8) is 0 Å². The third kappa shape index (κ3) is 2.92. The molecule has 2 aromatic heterocycles. The largest absolute Gasteiger partial charge is 0.345 e. The highest BCUT2D eigenvalue weighted by atomic mass is 19.1. The fraction of sp³-hybridized carbons (Fsp3) is 0.235. The van der Waals surface area contributed by atoms with Crippen molar-refractivity contribution in [1.82, 2.24) is 15.5 Å². The van der Waals surface area contributed by atoms with E-state index in [0.29, 0.717) is 33.5 Å². The van der Waals surface area contributed by atoms with Crippen LogP contribution in [0.3, 0.4) is 0 Å². The van der Waals surface area contributed by atoms with Crippen LogP contribution in [0.5, 0.6) is 0 Å². The molecule has 0 fully saturated rings. The molecule has 1 atom stereocenters. The maximum atomic E-state index is 13.6. The van der Waals surface area contributed by atoms with Crippen LogP contribution in [0.4, 0.5) is 4.39 Å². The molecule has 3 rings (SSSR count). The van der Waals surface area contributed by atoms with E-state index in [1.54, 1.807) is 39.0 Å². The molecule has 0 aliphatic carbocycles. The Hall–Kier alpha value is -2.76. The molecule has 1 N–H and O–H groups in total. The fourth-order valence-corrected chi connectivity index (χ4v) is 2.31. The van der Waals surface area contributed by atoms with Gasteiger partial charge in [-0.1, -0.05) is 17.3 Å². The van der Waals surface area contributed by atoms with Crippen LogP contribution in [0, 0.1) is 19.7 Å².